The Balaban J connectivity index is 2.03. The van der Waals surface area contributed by atoms with Gasteiger partial charge in [0.2, 0.25) is 0 Å². The summed E-state index contributed by atoms with van der Waals surface area (Å²) in [5.41, 5.74) is 2.02. The smallest absolute Gasteiger partial charge is 0.134 e. The van der Waals surface area contributed by atoms with Crippen molar-refractivity contribution in [1.29, 1.82) is 0 Å². The van der Waals surface area contributed by atoms with E-state index in [4.69, 9.17) is 4.74 Å². The number of ketones is 1. The Bertz CT molecular complexity index is 863. The molecule has 0 aromatic heterocycles. The molecule has 1 aliphatic heterocycles. The van der Waals surface area contributed by atoms with Gasteiger partial charge in [0.1, 0.15) is 28.8 Å². The van der Waals surface area contributed by atoms with Crippen LogP contribution in [0.25, 0.3) is 0 Å². The summed E-state index contributed by atoms with van der Waals surface area (Å²) >= 11 is 0. The van der Waals surface area contributed by atoms with Gasteiger partial charge in [-0.15, -0.1) is 0 Å². The van der Waals surface area contributed by atoms with Gasteiger partial charge >= 0.3 is 0 Å². The van der Waals surface area contributed by atoms with E-state index in [1.54, 1.807) is 14.0 Å². The standard InChI is InChI=1S/C22H25NO4S/c1-15-4-10-19(11-5-15)28(26)23-14-21(16(2)25)20(12-13-24)22(23)17-6-8-18(27-3)9-7-17/h4-11,13,20-22H,12,14H2,1-3H3/t20-,21+,22+,28+/m0/s1. The lowest BCUT2D eigenvalue weighted by Gasteiger charge is -2.27. The molecule has 4 atom stereocenters. The summed E-state index contributed by atoms with van der Waals surface area (Å²) < 4.78 is 20.5. The molecule has 28 heavy (non-hydrogen) atoms. The van der Waals surface area contributed by atoms with Crippen LogP contribution in [-0.4, -0.2) is 34.2 Å². The Hall–Kier alpha value is -2.31. The molecule has 2 aromatic carbocycles. The van der Waals surface area contributed by atoms with E-state index < -0.39 is 11.0 Å². The van der Waals surface area contributed by atoms with Crippen LogP contribution in [0.5, 0.6) is 5.75 Å². The largest absolute Gasteiger partial charge is 0.497 e. The van der Waals surface area contributed by atoms with Gasteiger partial charge in [-0.1, -0.05) is 29.8 Å². The van der Waals surface area contributed by atoms with E-state index >= 15 is 0 Å². The number of aryl methyl sites for hydroxylation is 1. The molecule has 0 bridgehead atoms. The Labute approximate surface area is 168 Å². The van der Waals surface area contributed by atoms with E-state index in [0.29, 0.717) is 11.4 Å². The number of hydrogen-bond donors (Lipinski definition) is 0. The molecule has 2 aromatic rings. The van der Waals surface area contributed by atoms with Gasteiger partial charge in [-0.05, 0) is 49.6 Å². The lowest BCUT2D eigenvalue weighted by molar-refractivity contribution is -0.121. The molecule has 5 nitrogen and oxygen atoms in total. The minimum Gasteiger partial charge on any atom is -0.497 e. The van der Waals surface area contributed by atoms with Crippen molar-refractivity contribution in [2.45, 2.75) is 31.2 Å². The molecule has 1 heterocycles. The first-order chi connectivity index (χ1) is 13.5. The number of methoxy groups -OCH3 is 1. The zero-order chi connectivity index (χ0) is 20.3. The van der Waals surface area contributed by atoms with Crippen molar-refractivity contribution in [3.05, 3.63) is 59.7 Å². The molecular weight excluding hydrogens is 374 g/mol. The first-order valence-corrected chi connectivity index (χ1v) is 10.4. The number of rotatable bonds is 7. The van der Waals surface area contributed by atoms with Gasteiger partial charge in [0.15, 0.2) is 0 Å². The second-order valence-corrected chi connectivity index (χ2v) is 8.60. The molecule has 3 rings (SSSR count). The Morgan fingerprint density at radius 2 is 1.82 bits per heavy atom. The number of hydrogen-bond acceptors (Lipinski definition) is 4. The van der Waals surface area contributed by atoms with E-state index in [2.05, 4.69) is 0 Å². The minimum absolute atomic E-state index is 0.0220. The number of Topliss-reactive ketones (excluding diaryl/α,β-unsaturated/α-hetero) is 1. The quantitative estimate of drug-likeness (QED) is 0.669. The summed E-state index contributed by atoms with van der Waals surface area (Å²) in [4.78, 5) is 24.4. The number of carbonyl (C=O) groups excluding carboxylic acids is 2. The van der Waals surface area contributed by atoms with Crippen LogP contribution in [0.3, 0.4) is 0 Å². The maximum Gasteiger partial charge on any atom is 0.134 e. The van der Waals surface area contributed by atoms with Gasteiger partial charge in [0.05, 0.1) is 18.0 Å². The summed E-state index contributed by atoms with van der Waals surface area (Å²) in [5.74, 6) is 0.210. The molecule has 1 aliphatic rings. The van der Waals surface area contributed by atoms with Gasteiger partial charge in [-0.2, -0.15) is 0 Å². The van der Waals surface area contributed by atoms with Crippen molar-refractivity contribution in [1.82, 2.24) is 4.31 Å². The number of benzene rings is 2. The molecule has 6 heteroatoms. The molecule has 0 radical (unpaired) electrons. The fourth-order valence-corrected chi connectivity index (χ4v) is 5.31. The first kappa shape index (κ1) is 20.4. The molecule has 0 N–H and O–H groups in total. The third kappa shape index (κ3) is 4.08. The Morgan fingerprint density at radius 3 is 2.36 bits per heavy atom. The SMILES string of the molecule is COc1ccc([C@@H]2[C@@H](CC=O)[C@@H](C(C)=O)CN2[S@](=O)c2ccc(C)cc2)cc1. The second kappa shape index (κ2) is 8.80. The first-order valence-electron chi connectivity index (χ1n) is 9.29. The number of ether oxygens (including phenoxy) is 1. The highest BCUT2D eigenvalue weighted by Gasteiger charge is 2.46. The molecular formula is C22H25NO4S. The van der Waals surface area contributed by atoms with Crippen molar-refractivity contribution in [2.75, 3.05) is 13.7 Å². The predicted molar refractivity (Wildman–Crippen MR) is 108 cm³/mol. The normalized spacial score (nSPS) is 23.3. The number of carbonyl (C=O) groups is 2. The van der Waals surface area contributed by atoms with Crippen LogP contribution < -0.4 is 4.74 Å². The highest BCUT2D eigenvalue weighted by Crippen LogP contribution is 2.44. The van der Waals surface area contributed by atoms with Crippen molar-refractivity contribution in [3.63, 3.8) is 0 Å². The van der Waals surface area contributed by atoms with Crippen LogP contribution in [0.4, 0.5) is 0 Å². The zero-order valence-corrected chi connectivity index (χ0v) is 17.1. The monoisotopic (exact) mass is 399 g/mol. The lowest BCUT2D eigenvalue weighted by atomic mass is 9.83. The van der Waals surface area contributed by atoms with Crippen molar-refractivity contribution >= 4 is 23.1 Å². The topological polar surface area (TPSA) is 63.7 Å². The summed E-state index contributed by atoms with van der Waals surface area (Å²) in [6, 6.07) is 14.8. The lowest BCUT2D eigenvalue weighted by Crippen LogP contribution is -2.28. The average molecular weight is 400 g/mol. The van der Waals surface area contributed by atoms with Crippen LogP contribution >= 0.6 is 0 Å². The summed E-state index contributed by atoms with van der Waals surface area (Å²) in [6.45, 7) is 3.89. The Morgan fingerprint density at radius 1 is 1.18 bits per heavy atom. The molecule has 148 valence electrons. The maximum absolute atomic E-state index is 13.4. The summed E-state index contributed by atoms with van der Waals surface area (Å²) in [6.07, 6.45) is 1.11. The van der Waals surface area contributed by atoms with Gasteiger partial charge in [0.25, 0.3) is 0 Å². The second-order valence-electron chi connectivity index (χ2n) is 7.16. The average Bonchev–Trinajstić information content (AvgIpc) is 3.08. The molecule has 0 unspecified atom stereocenters. The maximum atomic E-state index is 13.4. The minimum atomic E-state index is -1.43. The number of aldehydes is 1. The number of nitrogens with zero attached hydrogens (tertiary/aromatic N) is 1. The van der Waals surface area contributed by atoms with E-state index in [1.807, 2.05) is 59.8 Å². The van der Waals surface area contributed by atoms with Gasteiger partial charge < -0.3 is 9.53 Å². The van der Waals surface area contributed by atoms with Crippen molar-refractivity contribution in [3.8, 4) is 5.75 Å². The van der Waals surface area contributed by atoms with E-state index in [1.165, 1.54) is 0 Å². The van der Waals surface area contributed by atoms with Gasteiger partial charge in [0, 0.05) is 18.9 Å². The molecule has 0 amide bonds. The zero-order valence-electron chi connectivity index (χ0n) is 16.3. The summed E-state index contributed by atoms with van der Waals surface area (Å²) in [5, 5.41) is 0. The molecule has 1 saturated heterocycles. The van der Waals surface area contributed by atoms with Gasteiger partial charge in [-0.25, -0.2) is 8.51 Å². The van der Waals surface area contributed by atoms with Crippen LogP contribution in [0.1, 0.15) is 30.5 Å². The summed E-state index contributed by atoms with van der Waals surface area (Å²) in [7, 11) is 0.169. The highest BCUT2D eigenvalue weighted by atomic mass is 32.2. The van der Waals surface area contributed by atoms with Crippen LogP contribution in [0.15, 0.2) is 53.4 Å². The van der Waals surface area contributed by atoms with Crippen molar-refractivity contribution in [2.24, 2.45) is 11.8 Å². The van der Waals surface area contributed by atoms with E-state index in [0.717, 1.165) is 23.2 Å². The fourth-order valence-electron chi connectivity index (χ4n) is 3.89. The Kier molecular flexibility index (Phi) is 6.42. The predicted octanol–water partition coefficient (Wildman–Crippen LogP) is 3.49. The third-order valence-electron chi connectivity index (χ3n) is 5.39. The fraction of sp³-hybridized carbons (Fsp3) is 0.364. The molecule has 0 aliphatic carbocycles. The molecule has 0 saturated carbocycles. The third-order valence-corrected chi connectivity index (χ3v) is 6.87. The van der Waals surface area contributed by atoms with Crippen molar-refractivity contribution < 1.29 is 18.5 Å². The van der Waals surface area contributed by atoms with Gasteiger partial charge in [-0.3, -0.25) is 4.79 Å². The van der Waals surface area contributed by atoms with Crippen LogP contribution in [0, 0.1) is 18.8 Å². The van der Waals surface area contributed by atoms with E-state index in [9.17, 15) is 13.8 Å². The molecule has 0 spiro atoms. The highest BCUT2D eigenvalue weighted by molar-refractivity contribution is 7.82. The van der Waals surface area contributed by atoms with Crippen LogP contribution in [0.2, 0.25) is 0 Å². The molecule has 1 fully saturated rings. The van der Waals surface area contributed by atoms with E-state index in [-0.39, 0.29) is 30.1 Å². The van der Waals surface area contributed by atoms with Crippen LogP contribution in [-0.2, 0) is 20.6 Å².